The number of carbonyl (C=O) groups excluding carboxylic acids is 2. The van der Waals surface area contributed by atoms with Crippen molar-refractivity contribution in [3.8, 4) is 11.5 Å². The predicted octanol–water partition coefficient (Wildman–Crippen LogP) is 3.89. The highest BCUT2D eigenvalue weighted by Crippen LogP contribution is 2.32. The van der Waals surface area contributed by atoms with Crippen molar-refractivity contribution in [3.63, 3.8) is 0 Å². The van der Waals surface area contributed by atoms with Crippen molar-refractivity contribution in [1.82, 2.24) is 14.9 Å². The standard InChI is InChI=1S/C29H26N4O4/c1-36-27-13-21(37-18-19-7-3-2-4-8-19)12-11-20(27)15-30-33-17-28(34)32-16-25-23(14-26(32)29(33)35)22-9-5-6-10-24(22)31-25/h2-13,15,26,31H,14,16-18H2,1H3/b30-15+/t26-/m0/s1. The first-order valence-corrected chi connectivity index (χ1v) is 12.2. The molecular weight excluding hydrogens is 468 g/mol. The fraction of sp³-hybridized carbons (Fsp3) is 0.207. The van der Waals surface area contributed by atoms with E-state index in [-0.39, 0.29) is 18.4 Å². The SMILES string of the molecule is COc1cc(OCc2ccccc2)ccc1/C=N/N1CC(=O)N2Cc3[nH]c4ccccc4c3C[C@H]2C1=O. The number of hydrogen-bond donors (Lipinski definition) is 1. The van der Waals surface area contributed by atoms with E-state index in [1.165, 1.54) is 5.01 Å². The zero-order valence-corrected chi connectivity index (χ0v) is 20.4. The lowest BCUT2D eigenvalue weighted by atomic mass is 9.94. The Hall–Kier alpha value is -4.59. The van der Waals surface area contributed by atoms with Crippen molar-refractivity contribution in [2.24, 2.45) is 5.10 Å². The molecule has 8 nitrogen and oxygen atoms in total. The second-order valence-electron chi connectivity index (χ2n) is 9.19. The highest BCUT2D eigenvalue weighted by Gasteiger charge is 2.43. The van der Waals surface area contributed by atoms with Crippen LogP contribution in [0.4, 0.5) is 0 Å². The third-order valence-corrected chi connectivity index (χ3v) is 6.94. The smallest absolute Gasteiger partial charge is 0.266 e. The van der Waals surface area contributed by atoms with Gasteiger partial charge in [0, 0.05) is 34.6 Å². The van der Waals surface area contributed by atoms with E-state index in [1.54, 1.807) is 24.3 Å². The van der Waals surface area contributed by atoms with Gasteiger partial charge < -0.3 is 19.4 Å². The quantitative estimate of drug-likeness (QED) is 0.412. The highest BCUT2D eigenvalue weighted by molar-refractivity contribution is 5.97. The molecule has 0 unspecified atom stereocenters. The number of nitrogens with zero attached hydrogens (tertiary/aromatic N) is 3. The third-order valence-electron chi connectivity index (χ3n) is 6.94. The number of nitrogens with one attached hydrogen (secondary N) is 1. The first-order valence-electron chi connectivity index (χ1n) is 12.2. The Morgan fingerprint density at radius 3 is 2.68 bits per heavy atom. The van der Waals surface area contributed by atoms with Gasteiger partial charge in [0.05, 0.1) is 19.9 Å². The minimum atomic E-state index is -0.569. The van der Waals surface area contributed by atoms with Gasteiger partial charge in [0.1, 0.15) is 30.7 Å². The van der Waals surface area contributed by atoms with Crippen LogP contribution in [0.2, 0.25) is 0 Å². The van der Waals surface area contributed by atoms with Crippen molar-refractivity contribution in [1.29, 1.82) is 0 Å². The number of aromatic amines is 1. The minimum Gasteiger partial charge on any atom is -0.496 e. The molecule has 0 radical (unpaired) electrons. The molecule has 0 bridgehead atoms. The summed E-state index contributed by atoms with van der Waals surface area (Å²) in [6, 6.07) is 22.8. The van der Waals surface area contributed by atoms with Crippen LogP contribution in [0.25, 0.3) is 10.9 Å². The number of para-hydroxylation sites is 1. The van der Waals surface area contributed by atoms with E-state index < -0.39 is 6.04 Å². The van der Waals surface area contributed by atoms with Crippen LogP contribution in [0.3, 0.4) is 0 Å². The number of methoxy groups -OCH3 is 1. The second-order valence-corrected chi connectivity index (χ2v) is 9.19. The van der Waals surface area contributed by atoms with E-state index >= 15 is 0 Å². The van der Waals surface area contributed by atoms with Gasteiger partial charge in [-0.25, -0.2) is 5.01 Å². The number of carbonyl (C=O) groups is 2. The van der Waals surface area contributed by atoms with Crippen LogP contribution in [-0.4, -0.2) is 52.6 Å². The molecule has 0 aliphatic carbocycles. The van der Waals surface area contributed by atoms with E-state index in [4.69, 9.17) is 9.47 Å². The summed E-state index contributed by atoms with van der Waals surface area (Å²) in [7, 11) is 1.57. The summed E-state index contributed by atoms with van der Waals surface area (Å²) in [6.45, 7) is 0.745. The zero-order valence-electron chi connectivity index (χ0n) is 20.4. The van der Waals surface area contributed by atoms with Gasteiger partial charge in [-0.3, -0.25) is 9.59 Å². The topological polar surface area (TPSA) is 87.2 Å². The van der Waals surface area contributed by atoms with Crippen LogP contribution >= 0.6 is 0 Å². The lowest BCUT2D eigenvalue weighted by Gasteiger charge is -2.40. The summed E-state index contributed by atoms with van der Waals surface area (Å²) in [5, 5.41) is 6.76. The highest BCUT2D eigenvalue weighted by atomic mass is 16.5. The Labute approximate surface area is 214 Å². The molecule has 37 heavy (non-hydrogen) atoms. The summed E-state index contributed by atoms with van der Waals surface area (Å²) in [4.78, 5) is 31.4. The monoisotopic (exact) mass is 494 g/mol. The van der Waals surface area contributed by atoms with Gasteiger partial charge >= 0.3 is 0 Å². The maximum Gasteiger partial charge on any atom is 0.266 e. The van der Waals surface area contributed by atoms with Crippen LogP contribution in [0.1, 0.15) is 22.4 Å². The number of hydrogen-bond acceptors (Lipinski definition) is 5. The maximum absolute atomic E-state index is 13.4. The molecule has 0 saturated carbocycles. The van der Waals surface area contributed by atoms with E-state index in [0.29, 0.717) is 36.6 Å². The molecule has 8 heteroatoms. The van der Waals surface area contributed by atoms with Crippen LogP contribution in [0.15, 0.2) is 77.9 Å². The van der Waals surface area contributed by atoms with Gasteiger partial charge in [-0.2, -0.15) is 5.10 Å². The average molecular weight is 495 g/mol. The van der Waals surface area contributed by atoms with Crippen LogP contribution in [0.5, 0.6) is 11.5 Å². The van der Waals surface area contributed by atoms with Crippen molar-refractivity contribution >= 4 is 28.9 Å². The van der Waals surface area contributed by atoms with Gasteiger partial charge in [-0.15, -0.1) is 0 Å². The normalized spacial score (nSPS) is 17.3. The molecule has 2 amide bonds. The molecule has 3 heterocycles. The summed E-state index contributed by atoms with van der Waals surface area (Å²) in [5.74, 6) is 0.915. The summed E-state index contributed by atoms with van der Waals surface area (Å²) in [5.41, 5.74) is 4.86. The van der Waals surface area contributed by atoms with Gasteiger partial charge in [0.15, 0.2) is 0 Å². The van der Waals surface area contributed by atoms with Gasteiger partial charge in [-0.1, -0.05) is 48.5 Å². The number of amides is 2. The Bertz CT molecular complexity index is 1510. The van der Waals surface area contributed by atoms with Gasteiger partial charge in [-0.05, 0) is 29.3 Å². The van der Waals surface area contributed by atoms with E-state index in [1.807, 2.05) is 66.7 Å². The number of H-pyrrole nitrogens is 1. The van der Waals surface area contributed by atoms with Crippen LogP contribution in [0, 0.1) is 0 Å². The molecule has 4 aromatic rings. The molecule has 3 aromatic carbocycles. The van der Waals surface area contributed by atoms with Gasteiger partial charge in [0.25, 0.3) is 5.91 Å². The number of fused-ring (bicyclic) bond motifs is 4. The van der Waals surface area contributed by atoms with E-state index in [9.17, 15) is 9.59 Å². The number of benzene rings is 3. The fourth-order valence-electron chi connectivity index (χ4n) is 5.02. The molecule has 2 aliphatic rings. The second kappa shape index (κ2) is 9.46. The average Bonchev–Trinajstić information content (AvgIpc) is 3.30. The van der Waals surface area contributed by atoms with Gasteiger partial charge in [0.2, 0.25) is 5.91 Å². The maximum atomic E-state index is 13.4. The largest absolute Gasteiger partial charge is 0.496 e. The lowest BCUT2D eigenvalue weighted by molar-refractivity contribution is -0.157. The molecule has 1 atom stereocenters. The lowest BCUT2D eigenvalue weighted by Crippen LogP contribution is -2.60. The van der Waals surface area contributed by atoms with Crippen molar-refractivity contribution < 1.29 is 19.1 Å². The zero-order chi connectivity index (χ0) is 25.4. The molecule has 1 N–H and O–H groups in total. The first kappa shape index (κ1) is 22.8. The van der Waals surface area contributed by atoms with Crippen LogP contribution < -0.4 is 9.47 Å². The number of ether oxygens (including phenoxy) is 2. The predicted molar refractivity (Wildman–Crippen MR) is 139 cm³/mol. The third kappa shape index (κ3) is 4.31. The Morgan fingerprint density at radius 1 is 1.03 bits per heavy atom. The summed E-state index contributed by atoms with van der Waals surface area (Å²) < 4.78 is 11.4. The number of aromatic nitrogens is 1. The molecular formula is C29H26N4O4. The molecule has 6 rings (SSSR count). The molecule has 0 spiro atoms. The molecule has 1 fully saturated rings. The molecule has 186 valence electrons. The molecule has 1 aromatic heterocycles. The molecule has 1 saturated heterocycles. The number of rotatable bonds is 6. The Kier molecular flexibility index (Phi) is 5.84. The van der Waals surface area contributed by atoms with Crippen LogP contribution in [-0.2, 0) is 29.2 Å². The van der Waals surface area contributed by atoms with E-state index in [2.05, 4.69) is 10.1 Å². The minimum absolute atomic E-state index is 0.0953. The van der Waals surface area contributed by atoms with E-state index in [0.717, 1.165) is 27.7 Å². The van der Waals surface area contributed by atoms with Crippen molar-refractivity contribution in [3.05, 3.63) is 95.2 Å². The van der Waals surface area contributed by atoms with Crippen molar-refractivity contribution in [2.75, 3.05) is 13.7 Å². The summed E-state index contributed by atoms with van der Waals surface area (Å²) >= 11 is 0. The summed E-state index contributed by atoms with van der Waals surface area (Å²) in [6.07, 6.45) is 2.02. The number of piperazine rings is 1. The first-order chi connectivity index (χ1) is 18.1. The fourth-order valence-corrected chi connectivity index (χ4v) is 5.02. The Morgan fingerprint density at radius 2 is 1.84 bits per heavy atom. The Balaban J connectivity index is 1.19. The molecule has 2 aliphatic heterocycles. The van der Waals surface area contributed by atoms with Crippen molar-refractivity contribution in [2.45, 2.75) is 25.6 Å². The number of hydrazone groups is 1.